The van der Waals surface area contributed by atoms with Crippen LogP contribution in [-0.4, -0.2) is 50.5 Å². The van der Waals surface area contributed by atoms with Crippen molar-refractivity contribution in [3.63, 3.8) is 0 Å². The molecule has 7 nitrogen and oxygen atoms in total. The zero-order valence-corrected chi connectivity index (χ0v) is 22.1. The Kier molecular flexibility index (Phi) is 10.3. The van der Waals surface area contributed by atoms with E-state index in [1.807, 2.05) is 6.92 Å². The molecule has 0 aromatic heterocycles. The van der Waals surface area contributed by atoms with Gasteiger partial charge in [-0.2, -0.15) is 13.2 Å². The van der Waals surface area contributed by atoms with Crippen LogP contribution in [0, 0.1) is 5.82 Å². The second-order valence-corrected chi connectivity index (χ2v) is 10.7. The van der Waals surface area contributed by atoms with Crippen molar-refractivity contribution in [3.8, 4) is 0 Å². The molecule has 13 heteroatoms. The van der Waals surface area contributed by atoms with E-state index in [0.717, 1.165) is 23.5 Å². The molecule has 0 bridgehead atoms. The number of nitrogens with one attached hydrogen (secondary N) is 1. The molecule has 0 spiro atoms. The standard InChI is InChI=1S/C24H28ClF4N3O4S/c1-4-5-12-30-23(34)16(2)31(14-17-8-6-7-9-20(17)26)22(33)15-32(37(3,35)36)21-13-18(24(27,28)29)10-11-19(21)25/h6-11,13,16H,4-5,12,14-15H2,1-3H3,(H,30,34). The third kappa shape index (κ3) is 8.32. The lowest BCUT2D eigenvalue weighted by atomic mass is 10.1. The Morgan fingerprint density at radius 1 is 1.14 bits per heavy atom. The van der Waals surface area contributed by atoms with E-state index in [-0.39, 0.29) is 17.1 Å². The number of halogens is 5. The number of unbranched alkanes of at least 4 members (excludes halogenated alkanes) is 1. The van der Waals surface area contributed by atoms with Gasteiger partial charge in [0.2, 0.25) is 21.8 Å². The molecular formula is C24H28ClF4N3O4S. The predicted molar refractivity (Wildman–Crippen MR) is 133 cm³/mol. The lowest BCUT2D eigenvalue weighted by Crippen LogP contribution is -2.51. The first kappa shape index (κ1) is 30.4. The minimum absolute atomic E-state index is 0.0621. The fourth-order valence-corrected chi connectivity index (χ4v) is 4.53. The molecule has 0 saturated carbocycles. The van der Waals surface area contributed by atoms with Crippen LogP contribution in [0.2, 0.25) is 5.02 Å². The second kappa shape index (κ2) is 12.6. The van der Waals surface area contributed by atoms with Gasteiger partial charge in [0.05, 0.1) is 22.5 Å². The van der Waals surface area contributed by atoms with Crippen molar-refractivity contribution in [2.45, 2.75) is 45.5 Å². The number of sulfonamides is 1. The zero-order valence-electron chi connectivity index (χ0n) is 20.5. The number of nitrogens with zero attached hydrogens (tertiary/aromatic N) is 2. The monoisotopic (exact) mass is 565 g/mol. The van der Waals surface area contributed by atoms with Crippen molar-refractivity contribution in [2.75, 3.05) is 23.7 Å². The van der Waals surface area contributed by atoms with Crippen LogP contribution in [0.4, 0.5) is 23.2 Å². The van der Waals surface area contributed by atoms with Crippen LogP contribution >= 0.6 is 11.6 Å². The number of alkyl halides is 3. The van der Waals surface area contributed by atoms with E-state index in [1.165, 1.54) is 25.1 Å². The van der Waals surface area contributed by atoms with Crippen molar-refractivity contribution in [2.24, 2.45) is 0 Å². The molecular weight excluding hydrogens is 538 g/mol. The maximum atomic E-state index is 14.4. The lowest BCUT2D eigenvalue weighted by molar-refractivity contribution is -0.139. The first-order chi connectivity index (χ1) is 17.2. The van der Waals surface area contributed by atoms with Crippen LogP contribution < -0.4 is 9.62 Å². The fraction of sp³-hybridized carbons (Fsp3) is 0.417. The lowest BCUT2D eigenvalue weighted by Gasteiger charge is -2.32. The predicted octanol–water partition coefficient (Wildman–Crippen LogP) is 4.60. The summed E-state index contributed by atoms with van der Waals surface area (Å²) in [5, 5.41) is 2.33. The third-order valence-electron chi connectivity index (χ3n) is 5.52. The smallest absolute Gasteiger partial charge is 0.354 e. The van der Waals surface area contributed by atoms with Crippen molar-refractivity contribution >= 4 is 39.1 Å². The van der Waals surface area contributed by atoms with E-state index in [4.69, 9.17) is 11.6 Å². The van der Waals surface area contributed by atoms with Gasteiger partial charge in [0, 0.05) is 18.7 Å². The highest BCUT2D eigenvalue weighted by atomic mass is 35.5. The zero-order chi connectivity index (χ0) is 28.0. The van der Waals surface area contributed by atoms with Crippen molar-refractivity contribution in [3.05, 3.63) is 64.4 Å². The van der Waals surface area contributed by atoms with Gasteiger partial charge >= 0.3 is 6.18 Å². The summed E-state index contributed by atoms with van der Waals surface area (Å²) < 4.78 is 79.8. The summed E-state index contributed by atoms with van der Waals surface area (Å²) in [5.41, 5.74) is -1.66. The van der Waals surface area contributed by atoms with Gasteiger partial charge in [-0.3, -0.25) is 13.9 Å². The van der Waals surface area contributed by atoms with Gasteiger partial charge in [0.15, 0.2) is 0 Å². The Hall–Kier alpha value is -2.86. The Morgan fingerprint density at radius 2 is 1.78 bits per heavy atom. The van der Waals surface area contributed by atoms with E-state index in [2.05, 4.69) is 5.32 Å². The minimum atomic E-state index is -4.80. The molecule has 1 unspecified atom stereocenters. The van der Waals surface area contributed by atoms with Crippen LogP contribution in [0.15, 0.2) is 42.5 Å². The number of rotatable bonds is 11. The Balaban J connectivity index is 2.48. The highest BCUT2D eigenvalue weighted by molar-refractivity contribution is 7.92. The topological polar surface area (TPSA) is 86.8 Å². The average Bonchev–Trinajstić information content (AvgIpc) is 2.80. The van der Waals surface area contributed by atoms with Gasteiger partial charge in [-0.1, -0.05) is 43.1 Å². The Morgan fingerprint density at radius 3 is 2.35 bits per heavy atom. The number of benzene rings is 2. The summed E-state index contributed by atoms with van der Waals surface area (Å²) >= 11 is 6.03. The molecule has 1 atom stereocenters. The maximum Gasteiger partial charge on any atom is 0.416 e. The number of anilines is 1. The summed E-state index contributed by atoms with van der Waals surface area (Å²) in [6, 6.07) is 6.46. The number of carbonyl (C=O) groups is 2. The maximum absolute atomic E-state index is 14.4. The molecule has 0 aliphatic heterocycles. The molecule has 37 heavy (non-hydrogen) atoms. The van der Waals surface area contributed by atoms with E-state index in [1.54, 1.807) is 0 Å². The van der Waals surface area contributed by atoms with E-state index < -0.39 is 57.7 Å². The van der Waals surface area contributed by atoms with Crippen molar-refractivity contribution in [1.82, 2.24) is 10.2 Å². The molecule has 2 amide bonds. The summed E-state index contributed by atoms with van der Waals surface area (Å²) in [6.45, 7) is 2.28. The normalized spacial score (nSPS) is 12.6. The summed E-state index contributed by atoms with van der Waals surface area (Å²) in [7, 11) is -4.32. The highest BCUT2D eigenvalue weighted by Crippen LogP contribution is 2.36. The van der Waals surface area contributed by atoms with Gasteiger partial charge in [0.25, 0.3) is 0 Å². The minimum Gasteiger partial charge on any atom is -0.354 e. The van der Waals surface area contributed by atoms with Gasteiger partial charge in [0.1, 0.15) is 18.4 Å². The van der Waals surface area contributed by atoms with Gasteiger partial charge in [-0.25, -0.2) is 12.8 Å². The van der Waals surface area contributed by atoms with Gasteiger partial charge < -0.3 is 10.2 Å². The van der Waals surface area contributed by atoms with Gasteiger partial charge in [-0.15, -0.1) is 0 Å². The van der Waals surface area contributed by atoms with E-state index >= 15 is 0 Å². The second-order valence-electron chi connectivity index (χ2n) is 8.37. The molecule has 0 saturated heterocycles. The molecule has 1 N–H and O–H groups in total. The molecule has 2 rings (SSSR count). The number of hydrogen-bond donors (Lipinski definition) is 1. The summed E-state index contributed by atoms with van der Waals surface area (Å²) in [5.74, 6) is -2.15. The van der Waals surface area contributed by atoms with Crippen LogP contribution in [-0.2, 0) is 32.3 Å². The number of carbonyl (C=O) groups excluding carboxylic acids is 2. The Labute approximate surface area is 218 Å². The van der Waals surface area contributed by atoms with Gasteiger partial charge in [-0.05, 0) is 37.6 Å². The Bertz CT molecular complexity index is 1220. The van der Waals surface area contributed by atoms with Crippen LogP contribution in [0.3, 0.4) is 0 Å². The molecule has 0 radical (unpaired) electrons. The molecule has 0 heterocycles. The number of amides is 2. The summed E-state index contributed by atoms with van der Waals surface area (Å²) in [6.07, 6.45) is -2.61. The van der Waals surface area contributed by atoms with Crippen LogP contribution in [0.25, 0.3) is 0 Å². The fourth-order valence-electron chi connectivity index (χ4n) is 3.40. The SMILES string of the molecule is CCCCNC(=O)C(C)N(Cc1ccccc1F)C(=O)CN(c1cc(C(F)(F)F)ccc1Cl)S(C)(=O)=O. The van der Waals surface area contributed by atoms with E-state index in [0.29, 0.717) is 35.7 Å². The number of hydrogen-bond acceptors (Lipinski definition) is 4. The molecule has 2 aromatic rings. The average molecular weight is 566 g/mol. The quantitative estimate of drug-likeness (QED) is 0.319. The molecule has 0 fully saturated rings. The molecule has 2 aromatic carbocycles. The largest absolute Gasteiger partial charge is 0.416 e. The first-order valence-electron chi connectivity index (χ1n) is 11.3. The van der Waals surface area contributed by atoms with E-state index in [9.17, 15) is 35.6 Å². The summed E-state index contributed by atoms with van der Waals surface area (Å²) in [4.78, 5) is 27.1. The first-order valence-corrected chi connectivity index (χ1v) is 13.5. The molecule has 204 valence electrons. The molecule has 0 aliphatic rings. The van der Waals surface area contributed by atoms with Crippen LogP contribution in [0.5, 0.6) is 0 Å². The van der Waals surface area contributed by atoms with Crippen LogP contribution in [0.1, 0.15) is 37.8 Å². The highest BCUT2D eigenvalue weighted by Gasteiger charge is 2.34. The third-order valence-corrected chi connectivity index (χ3v) is 6.96. The van der Waals surface area contributed by atoms with Crippen molar-refractivity contribution in [1.29, 1.82) is 0 Å². The van der Waals surface area contributed by atoms with Crippen molar-refractivity contribution < 1.29 is 35.6 Å². The molecule has 0 aliphatic carbocycles.